The number of amides is 1. The van der Waals surface area contributed by atoms with Crippen LogP contribution < -0.4 is 10.1 Å². The summed E-state index contributed by atoms with van der Waals surface area (Å²) in [6, 6.07) is 3.39. The summed E-state index contributed by atoms with van der Waals surface area (Å²) in [5.41, 5.74) is 0.442. The lowest BCUT2D eigenvalue weighted by molar-refractivity contribution is -0.132. The Bertz CT molecular complexity index is 446. The van der Waals surface area contributed by atoms with Gasteiger partial charge in [-0.2, -0.15) is 0 Å². The molecule has 86 valence electrons. The van der Waals surface area contributed by atoms with Crippen LogP contribution >= 0.6 is 31.9 Å². The van der Waals surface area contributed by atoms with Gasteiger partial charge in [-0.1, -0.05) is 0 Å². The summed E-state index contributed by atoms with van der Waals surface area (Å²) in [6.07, 6.45) is 0. The van der Waals surface area contributed by atoms with E-state index in [0.29, 0.717) is 10.2 Å². The molecular formula is C10H9Br2NO3. The Hall–Kier alpha value is -0.880. The van der Waals surface area contributed by atoms with Crippen molar-refractivity contribution in [1.29, 1.82) is 0 Å². The van der Waals surface area contributed by atoms with Gasteiger partial charge in [-0.05, 0) is 44.0 Å². The van der Waals surface area contributed by atoms with Crippen LogP contribution in [0.5, 0.6) is 5.75 Å². The number of nitrogens with one attached hydrogen (secondary N) is 1. The first-order valence-electron chi connectivity index (χ1n) is 4.36. The second-order valence-electron chi connectivity index (χ2n) is 3.01. The molecule has 0 aliphatic rings. The van der Waals surface area contributed by atoms with Gasteiger partial charge in [0.05, 0.1) is 10.2 Å². The van der Waals surface area contributed by atoms with Crippen LogP contribution in [0, 0.1) is 0 Å². The lowest BCUT2D eigenvalue weighted by atomic mass is 10.3. The van der Waals surface area contributed by atoms with Gasteiger partial charge in [0, 0.05) is 18.3 Å². The molecule has 1 N–H and O–H groups in total. The monoisotopic (exact) mass is 349 g/mol. The summed E-state index contributed by atoms with van der Waals surface area (Å²) in [5, 5.41) is 2.58. The van der Waals surface area contributed by atoms with E-state index >= 15 is 0 Å². The molecule has 1 aromatic carbocycles. The first-order chi connectivity index (χ1) is 7.41. The van der Waals surface area contributed by atoms with E-state index in [1.54, 1.807) is 12.1 Å². The highest BCUT2D eigenvalue weighted by atomic mass is 79.9. The first kappa shape index (κ1) is 13.2. The topological polar surface area (TPSA) is 55.4 Å². The Kier molecular flexibility index (Phi) is 4.49. The highest BCUT2D eigenvalue weighted by molar-refractivity contribution is 9.13. The summed E-state index contributed by atoms with van der Waals surface area (Å²) in [4.78, 5) is 21.9. The molecule has 0 aromatic heterocycles. The zero-order valence-electron chi connectivity index (χ0n) is 8.64. The lowest BCUT2D eigenvalue weighted by Gasteiger charge is -2.12. The Morgan fingerprint density at radius 1 is 1.25 bits per heavy atom. The highest BCUT2D eigenvalue weighted by Crippen LogP contribution is 2.38. The van der Waals surface area contributed by atoms with Crippen LogP contribution in [0.3, 0.4) is 0 Å². The van der Waals surface area contributed by atoms with E-state index in [2.05, 4.69) is 37.2 Å². The average Bonchev–Trinajstić information content (AvgIpc) is 2.16. The summed E-state index contributed by atoms with van der Waals surface area (Å²) in [5.74, 6) is -0.398. The maximum Gasteiger partial charge on any atom is 0.308 e. The third kappa shape index (κ3) is 3.31. The zero-order chi connectivity index (χ0) is 12.3. The van der Waals surface area contributed by atoms with Crippen molar-refractivity contribution in [1.82, 2.24) is 0 Å². The fourth-order valence-corrected chi connectivity index (χ4v) is 1.80. The number of hydrogen-bond acceptors (Lipinski definition) is 3. The highest BCUT2D eigenvalue weighted by Gasteiger charge is 2.14. The molecule has 0 spiro atoms. The lowest BCUT2D eigenvalue weighted by Crippen LogP contribution is -2.10. The second-order valence-corrected chi connectivity index (χ2v) is 4.66. The van der Waals surface area contributed by atoms with E-state index in [1.165, 1.54) is 13.8 Å². The minimum absolute atomic E-state index is 0.234. The number of anilines is 1. The Morgan fingerprint density at radius 2 is 1.88 bits per heavy atom. The molecule has 0 aliphatic carbocycles. The molecular weight excluding hydrogens is 342 g/mol. The number of hydrogen-bond donors (Lipinski definition) is 1. The molecule has 0 aliphatic heterocycles. The number of benzene rings is 1. The van der Waals surface area contributed by atoms with Crippen molar-refractivity contribution >= 4 is 49.4 Å². The summed E-state index contributed by atoms with van der Waals surface area (Å²) in [6.45, 7) is 2.68. The van der Waals surface area contributed by atoms with Crippen molar-refractivity contribution in [2.24, 2.45) is 0 Å². The van der Waals surface area contributed by atoms with Gasteiger partial charge >= 0.3 is 5.97 Å². The molecule has 0 atom stereocenters. The molecule has 4 nitrogen and oxygen atoms in total. The Balaban J connectivity index is 3.20. The minimum atomic E-state index is -0.453. The Labute approximate surface area is 110 Å². The van der Waals surface area contributed by atoms with Crippen LogP contribution in [0.25, 0.3) is 0 Å². The van der Waals surface area contributed by atoms with Gasteiger partial charge < -0.3 is 10.1 Å². The largest absolute Gasteiger partial charge is 0.423 e. The first-order valence-corrected chi connectivity index (χ1v) is 5.94. The van der Waals surface area contributed by atoms with Crippen LogP contribution in [0.4, 0.5) is 5.69 Å². The fourth-order valence-electron chi connectivity index (χ4n) is 1.06. The molecule has 0 bridgehead atoms. The molecule has 0 unspecified atom stereocenters. The van der Waals surface area contributed by atoms with Crippen LogP contribution in [-0.2, 0) is 9.59 Å². The maximum atomic E-state index is 11.0. The summed E-state index contributed by atoms with van der Waals surface area (Å²) in [7, 11) is 0. The number of carbonyl (C=O) groups excluding carboxylic acids is 2. The van der Waals surface area contributed by atoms with E-state index in [4.69, 9.17) is 4.74 Å². The molecule has 1 rings (SSSR count). The molecule has 0 radical (unpaired) electrons. The molecule has 0 saturated heterocycles. The Morgan fingerprint density at radius 3 is 2.38 bits per heavy atom. The van der Waals surface area contributed by atoms with Crippen molar-refractivity contribution < 1.29 is 14.3 Å². The predicted molar refractivity (Wildman–Crippen MR) is 67.5 cm³/mol. The van der Waals surface area contributed by atoms with E-state index in [9.17, 15) is 9.59 Å². The van der Waals surface area contributed by atoms with Gasteiger partial charge in [0.1, 0.15) is 0 Å². The smallest absolute Gasteiger partial charge is 0.308 e. The van der Waals surface area contributed by atoms with E-state index in [1.807, 2.05) is 0 Å². The van der Waals surface area contributed by atoms with Crippen molar-refractivity contribution in [3.8, 4) is 5.75 Å². The molecule has 6 heteroatoms. The number of esters is 1. The van der Waals surface area contributed by atoms with Crippen LogP contribution in [-0.4, -0.2) is 11.9 Å². The van der Waals surface area contributed by atoms with Gasteiger partial charge in [-0.3, -0.25) is 9.59 Å². The van der Waals surface area contributed by atoms with E-state index < -0.39 is 5.97 Å². The molecule has 1 aromatic rings. The molecule has 0 saturated carbocycles. The van der Waals surface area contributed by atoms with Crippen molar-refractivity contribution in [3.63, 3.8) is 0 Å². The third-order valence-electron chi connectivity index (χ3n) is 1.61. The SMILES string of the molecule is CC(=O)Nc1ccc(Br)c(Br)c1OC(C)=O. The minimum Gasteiger partial charge on any atom is -0.423 e. The average molecular weight is 351 g/mol. The van der Waals surface area contributed by atoms with Gasteiger partial charge in [0.2, 0.25) is 5.91 Å². The number of ether oxygens (including phenoxy) is 1. The summed E-state index contributed by atoms with van der Waals surface area (Å²) >= 11 is 6.56. The van der Waals surface area contributed by atoms with Gasteiger partial charge in [-0.25, -0.2) is 0 Å². The number of rotatable bonds is 2. The van der Waals surface area contributed by atoms with Gasteiger partial charge in [-0.15, -0.1) is 0 Å². The van der Waals surface area contributed by atoms with Gasteiger partial charge in [0.15, 0.2) is 5.75 Å². The normalized spacial score (nSPS) is 9.75. The number of halogens is 2. The van der Waals surface area contributed by atoms with E-state index in [-0.39, 0.29) is 11.7 Å². The zero-order valence-corrected chi connectivity index (χ0v) is 11.8. The van der Waals surface area contributed by atoms with Crippen molar-refractivity contribution in [2.75, 3.05) is 5.32 Å². The second kappa shape index (κ2) is 5.45. The van der Waals surface area contributed by atoms with Crippen LogP contribution in [0.15, 0.2) is 21.1 Å². The molecule has 1 amide bonds. The molecule has 0 heterocycles. The predicted octanol–water partition coefficient (Wildman–Crippen LogP) is 3.10. The quantitative estimate of drug-likeness (QED) is 0.658. The maximum absolute atomic E-state index is 11.0. The third-order valence-corrected chi connectivity index (χ3v) is 3.59. The van der Waals surface area contributed by atoms with Crippen molar-refractivity contribution in [3.05, 3.63) is 21.1 Å². The van der Waals surface area contributed by atoms with Gasteiger partial charge in [0.25, 0.3) is 0 Å². The summed E-state index contributed by atoms with van der Waals surface area (Å²) < 4.78 is 6.34. The van der Waals surface area contributed by atoms with Crippen LogP contribution in [0.2, 0.25) is 0 Å². The van der Waals surface area contributed by atoms with Crippen LogP contribution in [0.1, 0.15) is 13.8 Å². The molecule has 0 fully saturated rings. The fraction of sp³-hybridized carbons (Fsp3) is 0.200. The standard InChI is InChI=1S/C10H9Br2NO3/c1-5(14)13-8-4-3-7(11)9(12)10(8)16-6(2)15/h3-4H,1-2H3,(H,13,14). The molecule has 16 heavy (non-hydrogen) atoms. The number of carbonyl (C=O) groups is 2. The van der Waals surface area contributed by atoms with E-state index in [0.717, 1.165) is 4.47 Å². The van der Waals surface area contributed by atoms with Crippen molar-refractivity contribution in [2.45, 2.75) is 13.8 Å².